The van der Waals surface area contributed by atoms with Gasteiger partial charge in [0, 0.05) is 0 Å². The minimum Gasteiger partial charge on any atom is -0.0944 e. The number of benzene rings is 3. The molecule has 3 aromatic carbocycles. The van der Waals surface area contributed by atoms with Gasteiger partial charge in [0.15, 0.2) is 0 Å². The summed E-state index contributed by atoms with van der Waals surface area (Å²) in [5, 5.41) is 0. The molecule has 0 amide bonds. The lowest BCUT2D eigenvalue weighted by atomic mass is 9.99. The second kappa shape index (κ2) is 9.15. The molecule has 0 saturated carbocycles. The molecule has 0 saturated heterocycles. The zero-order valence-electron chi connectivity index (χ0n) is 19.2. The molecule has 3 aromatic rings. The summed E-state index contributed by atoms with van der Waals surface area (Å²) >= 11 is 0. The summed E-state index contributed by atoms with van der Waals surface area (Å²) in [5.74, 6) is 0. The van der Waals surface area contributed by atoms with E-state index in [1.807, 2.05) is 0 Å². The maximum Gasteiger partial charge on any atom is 0.0687 e. The zero-order valence-corrected chi connectivity index (χ0v) is 21.2. The van der Waals surface area contributed by atoms with E-state index in [1.165, 1.54) is 33.4 Å². The highest BCUT2D eigenvalue weighted by atomic mass is 28.3. The van der Waals surface area contributed by atoms with E-state index in [2.05, 4.69) is 136 Å². The second-order valence-electron chi connectivity index (χ2n) is 10.2. The van der Waals surface area contributed by atoms with Gasteiger partial charge < -0.3 is 0 Å². The fourth-order valence-electron chi connectivity index (χ4n) is 3.12. The lowest BCUT2D eigenvalue weighted by Crippen LogP contribution is -2.15. The molecule has 0 aliphatic rings. The molecular formula is C28H34Si2. The van der Waals surface area contributed by atoms with E-state index in [0.717, 1.165) is 0 Å². The molecule has 0 bridgehead atoms. The smallest absolute Gasteiger partial charge is 0.0687 e. The van der Waals surface area contributed by atoms with Crippen molar-refractivity contribution in [2.45, 2.75) is 39.3 Å². The van der Waals surface area contributed by atoms with Crippen LogP contribution in [0.5, 0.6) is 0 Å². The third kappa shape index (κ3) is 6.82. The van der Waals surface area contributed by atoms with E-state index >= 15 is 0 Å². The topological polar surface area (TPSA) is 0 Å². The molecule has 0 nitrogen and oxygen atoms in total. The van der Waals surface area contributed by atoms with Gasteiger partial charge >= 0.3 is 0 Å². The third-order valence-corrected chi connectivity index (χ3v) is 7.26. The van der Waals surface area contributed by atoms with Crippen LogP contribution in [0.4, 0.5) is 0 Å². The minimum atomic E-state index is -1.16. The highest BCUT2D eigenvalue weighted by Crippen LogP contribution is 2.26. The Morgan fingerprint density at radius 2 is 0.633 bits per heavy atom. The van der Waals surface area contributed by atoms with Crippen LogP contribution in [0.25, 0.3) is 34.4 Å². The van der Waals surface area contributed by atoms with Crippen LogP contribution < -0.4 is 0 Å². The molecule has 0 spiro atoms. The largest absolute Gasteiger partial charge is 0.0944 e. The van der Waals surface area contributed by atoms with Crippen LogP contribution in [0, 0.1) is 0 Å². The average molecular weight is 427 g/mol. The van der Waals surface area contributed by atoms with Crippen LogP contribution in [0.2, 0.25) is 39.3 Å². The highest BCUT2D eigenvalue weighted by molar-refractivity contribution is 6.81. The fraction of sp³-hybridized carbons (Fsp3) is 0.214. The molecule has 0 unspecified atom stereocenters. The van der Waals surface area contributed by atoms with Gasteiger partial charge in [-0.15, -0.1) is 0 Å². The summed E-state index contributed by atoms with van der Waals surface area (Å²) in [7, 11) is -2.31. The first-order valence-corrected chi connectivity index (χ1v) is 17.9. The van der Waals surface area contributed by atoms with E-state index in [4.69, 9.17) is 0 Å². The Labute approximate surface area is 185 Å². The SMILES string of the molecule is C[Si](C)(C)/C=C/c1ccc(-c2ccc(-c3ccc(/C=C/[Si](C)(C)C)cc3)cc2)cc1. The second-order valence-corrected chi connectivity index (χ2v) is 20.4. The maximum absolute atomic E-state index is 2.39. The van der Waals surface area contributed by atoms with E-state index in [9.17, 15) is 0 Å². The molecule has 0 atom stereocenters. The summed E-state index contributed by atoms with van der Waals surface area (Å²) < 4.78 is 0. The van der Waals surface area contributed by atoms with Crippen molar-refractivity contribution < 1.29 is 0 Å². The Bertz CT molecular complexity index is 922. The summed E-state index contributed by atoms with van der Waals surface area (Å²) in [6.07, 6.45) is 4.53. The predicted octanol–water partition coefficient (Wildman–Crippen LogP) is 8.80. The van der Waals surface area contributed by atoms with Gasteiger partial charge in [-0.3, -0.25) is 0 Å². The van der Waals surface area contributed by atoms with Crippen LogP contribution in [0.1, 0.15) is 11.1 Å². The van der Waals surface area contributed by atoms with Crippen LogP contribution in [-0.2, 0) is 0 Å². The monoisotopic (exact) mass is 426 g/mol. The first-order valence-electron chi connectivity index (χ1n) is 10.8. The van der Waals surface area contributed by atoms with Crippen molar-refractivity contribution in [3.8, 4) is 22.3 Å². The van der Waals surface area contributed by atoms with Crippen molar-refractivity contribution >= 4 is 28.3 Å². The maximum atomic E-state index is 2.39. The zero-order chi connectivity index (χ0) is 21.8. The molecule has 0 fully saturated rings. The summed E-state index contributed by atoms with van der Waals surface area (Å²) in [5.41, 5.74) is 12.4. The summed E-state index contributed by atoms with van der Waals surface area (Å²) in [6, 6.07) is 26.6. The van der Waals surface area contributed by atoms with Crippen molar-refractivity contribution in [2.24, 2.45) is 0 Å². The normalized spacial score (nSPS) is 12.7. The van der Waals surface area contributed by atoms with Gasteiger partial charge in [-0.1, -0.05) is 136 Å². The van der Waals surface area contributed by atoms with Crippen molar-refractivity contribution in [1.82, 2.24) is 0 Å². The van der Waals surface area contributed by atoms with E-state index < -0.39 is 16.1 Å². The standard InChI is InChI=1S/C28H34Si2/c1-29(2,3)21-19-23-7-11-25(12-8-23)27-15-17-28(18-16-27)26-13-9-24(10-14-26)20-22-30(4,5)6/h7-22H,1-6H3/b21-19+,22-20+. The van der Waals surface area contributed by atoms with Crippen LogP contribution in [-0.4, -0.2) is 16.1 Å². The van der Waals surface area contributed by atoms with Gasteiger partial charge in [0.25, 0.3) is 0 Å². The molecule has 154 valence electrons. The number of hydrogen-bond acceptors (Lipinski definition) is 0. The van der Waals surface area contributed by atoms with Crippen molar-refractivity contribution in [1.29, 1.82) is 0 Å². The summed E-state index contributed by atoms with van der Waals surface area (Å²) in [4.78, 5) is 0. The first kappa shape index (κ1) is 22.3. The molecule has 2 heteroatoms. The van der Waals surface area contributed by atoms with Gasteiger partial charge in [-0.2, -0.15) is 0 Å². The quantitative estimate of drug-likeness (QED) is 0.345. The molecule has 0 N–H and O–H groups in total. The van der Waals surface area contributed by atoms with Crippen molar-refractivity contribution in [3.05, 3.63) is 95.3 Å². The summed E-state index contributed by atoms with van der Waals surface area (Å²) in [6.45, 7) is 14.1. The molecular weight excluding hydrogens is 392 g/mol. The first-order chi connectivity index (χ1) is 14.1. The third-order valence-electron chi connectivity index (χ3n) is 4.92. The van der Waals surface area contributed by atoms with Crippen molar-refractivity contribution in [2.75, 3.05) is 0 Å². The van der Waals surface area contributed by atoms with Gasteiger partial charge in [0.05, 0.1) is 16.1 Å². The molecule has 30 heavy (non-hydrogen) atoms. The van der Waals surface area contributed by atoms with E-state index in [-0.39, 0.29) is 0 Å². The van der Waals surface area contributed by atoms with Gasteiger partial charge in [0.2, 0.25) is 0 Å². The molecule has 0 heterocycles. The Kier molecular flexibility index (Phi) is 6.79. The molecule has 0 radical (unpaired) electrons. The Morgan fingerprint density at radius 1 is 0.400 bits per heavy atom. The molecule has 0 aliphatic carbocycles. The molecule has 0 aromatic heterocycles. The number of hydrogen-bond donors (Lipinski definition) is 0. The van der Waals surface area contributed by atoms with E-state index in [0.29, 0.717) is 0 Å². The lowest BCUT2D eigenvalue weighted by molar-refractivity contribution is 1.57. The van der Waals surface area contributed by atoms with Crippen LogP contribution in [0.3, 0.4) is 0 Å². The highest BCUT2D eigenvalue weighted by Gasteiger charge is 2.08. The van der Waals surface area contributed by atoms with Crippen LogP contribution >= 0.6 is 0 Å². The molecule has 3 rings (SSSR count). The van der Waals surface area contributed by atoms with Crippen molar-refractivity contribution in [3.63, 3.8) is 0 Å². The number of rotatable bonds is 6. The Balaban J connectivity index is 1.72. The van der Waals surface area contributed by atoms with Crippen LogP contribution in [0.15, 0.2) is 84.2 Å². The predicted molar refractivity (Wildman–Crippen MR) is 142 cm³/mol. The van der Waals surface area contributed by atoms with E-state index in [1.54, 1.807) is 0 Å². The minimum absolute atomic E-state index is 1.16. The van der Waals surface area contributed by atoms with Gasteiger partial charge in [0.1, 0.15) is 0 Å². The Hall–Kier alpha value is -2.43. The molecule has 0 aliphatic heterocycles. The average Bonchev–Trinajstić information content (AvgIpc) is 2.71. The van der Waals surface area contributed by atoms with Gasteiger partial charge in [-0.25, -0.2) is 0 Å². The fourth-order valence-corrected chi connectivity index (χ4v) is 4.51. The lowest BCUT2D eigenvalue weighted by Gasteiger charge is -2.09. The van der Waals surface area contributed by atoms with Gasteiger partial charge in [-0.05, 0) is 33.4 Å². The Morgan fingerprint density at radius 3 is 0.867 bits per heavy atom.